The summed E-state index contributed by atoms with van der Waals surface area (Å²) in [7, 11) is 0. The van der Waals surface area contributed by atoms with E-state index in [2.05, 4.69) is 20.7 Å². The highest BCUT2D eigenvalue weighted by Crippen LogP contribution is 2.35. The maximum atomic E-state index is 13.1. The molecule has 1 aliphatic carbocycles. The van der Waals surface area contributed by atoms with Crippen LogP contribution in [0, 0.1) is 11.8 Å². The third-order valence-electron chi connectivity index (χ3n) is 6.45. The molecule has 1 aromatic heterocycles. The van der Waals surface area contributed by atoms with E-state index in [1.165, 1.54) is 12.8 Å². The second kappa shape index (κ2) is 6.67. The van der Waals surface area contributed by atoms with Crippen molar-refractivity contribution in [2.24, 2.45) is 11.8 Å². The number of nitrogens with one attached hydrogen (secondary N) is 2. The van der Waals surface area contributed by atoms with Crippen LogP contribution < -0.4 is 10.9 Å². The van der Waals surface area contributed by atoms with Crippen LogP contribution in [0.15, 0.2) is 28.7 Å². The second-order valence-electron chi connectivity index (χ2n) is 7.97. The maximum absolute atomic E-state index is 13.1. The summed E-state index contributed by atoms with van der Waals surface area (Å²) in [4.78, 5) is 19.8. The Morgan fingerprint density at radius 2 is 2.00 bits per heavy atom. The van der Waals surface area contributed by atoms with E-state index < -0.39 is 0 Å². The van der Waals surface area contributed by atoms with Crippen LogP contribution in [-0.2, 0) is 4.79 Å². The van der Waals surface area contributed by atoms with Gasteiger partial charge in [-0.15, -0.1) is 0 Å². The number of benzene rings is 1. The monoisotopic (exact) mass is 354 g/mol. The topological polar surface area (TPSA) is 70.4 Å². The molecule has 2 aromatic rings. The SMILES string of the molecule is O=C(C1CCCC2CNNC21)N1CCC(c2nc3ccccc3o2)CC1. The number of hydrogen-bond acceptors (Lipinski definition) is 5. The Morgan fingerprint density at radius 3 is 2.85 bits per heavy atom. The molecule has 3 unspecified atom stereocenters. The predicted octanol–water partition coefficient (Wildman–Crippen LogP) is 2.43. The number of aromatic nitrogens is 1. The molecule has 1 saturated carbocycles. The lowest BCUT2D eigenvalue weighted by Gasteiger charge is -2.38. The summed E-state index contributed by atoms with van der Waals surface area (Å²) in [6.07, 6.45) is 5.28. The van der Waals surface area contributed by atoms with Gasteiger partial charge in [0, 0.05) is 31.6 Å². The minimum absolute atomic E-state index is 0.129. The zero-order chi connectivity index (χ0) is 17.5. The number of hydrogen-bond donors (Lipinski definition) is 2. The van der Waals surface area contributed by atoms with Crippen molar-refractivity contribution in [3.63, 3.8) is 0 Å². The van der Waals surface area contributed by atoms with Crippen molar-refractivity contribution in [2.45, 2.75) is 44.1 Å². The van der Waals surface area contributed by atoms with Crippen LogP contribution >= 0.6 is 0 Å². The molecule has 3 aliphatic rings. The van der Waals surface area contributed by atoms with Gasteiger partial charge in [0.05, 0.1) is 5.92 Å². The zero-order valence-electron chi connectivity index (χ0n) is 15.0. The number of oxazole rings is 1. The van der Waals surface area contributed by atoms with Crippen molar-refractivity contribution < 1.29 is 9.21 Å². The molecule has 3 heterocycles. The first-order valence-corrected chi connectivity index (χ1v) is 9.92. The fourth-order valence-electron chi connectivity index (χ4n) is 4.97. The Balaban J connectivity index is 1.24. The Morgan fingerprint density at radius 1 is 1.15 bits per heavy atom. The molecule has 0 spiro atoms. The van der Waals surface area contributed by atoms with Crippen LogP contribution in [0.4, 0.5) is 0 Å². The normalized spacial score (nSPS) is 29.8. The lowest BCUT2D eigenvalue weighted by molar-refractivity contribution is -0.139. The summed E-state index contributed by atoms with van der Waals surface area (Å²) in [5.74, 6) is 2.22. The van der Waals surface area contributed by atoms with Crippen LogP contribution in [0.25, 0.3) is 11.1 Å². The smallest absolute Gasteiger partial charge is 0.227 e. The summed E-state index contributed by atoms with van der Waals surface area (Å²) in [5.41, 5.74) is 8.39. The van der Waals surface area contributed by atoms with E-state index in [0.29, 0.717) is 23.8 Å². The third kappa shape index (κ3) is 2.81. The van der Waals surface area contributed by atoms with E-state index in [9.17, 15) is 4.79 Å². The summed E-state index contributed by atoms with van der Waals surface area (Å²) < 4.78 is 5.94. The summed E-state index contributed by atoms with van der Waals surface area (Å²) in [5, 5.41) is 0. The zero-order valence-corrected chi connectivity index (χ0v) is 15.0. The first-order valence-electron chi connectivity index (χ1n) is 9.92. The minimum atomic E-state index is 0.129. The fourth-order valence-corrected chi connectivity index (χ4v) is 4.97. The van der Waals surface area contributed by atoms with Gasteiger partial charge in [-0.2, -0.15) is 0 Å². The molecule has 6 nitrogen and oxygen atoms in total. The van der Waals surface area contributed by atoms with Crippen molar-refractivity contribution in [1.82, 2.24) is 20.7 Å². The van der Waals surface area contributed by atoms with Crippen LogP contribution in [0.5, 0.6) is 0 Å². The number of carbonyl (C=O) groups excluding carboxylic acids is 1. The van der Waals surface area contributed by atoms with Gasteiger partial charge in [-0.05, 0) is 43.7 Å². The molecule has 0 bridgehead atoms. The summed E-state index contributed by atoms with van der Waals surface area (Å²) in [6, 6.07) is 8.22. The maximum Gasteiger partial charge on any atom is 0.227 e. The highest BCUT2D eigenvalue weighted by Gasteiger charge is 2.42. The van der Waals surface area contributed by atoms with Gasteiger partial charge in [0.1, 0.15) is 5.52 Å². The third-order valence-corrected chi connectivity index (χ3v) is 6.45. The molecule has 1 amide bonds. The summed E-state index contributed by atoms with van der Waals surface area (Å²) >= 11 is 0. The van der Waals surface area contributed by atoms with Crippen LogP contribution in [-0.4, -0.2) is 41.5 Å². The van der Waals surface area contributed by atoms with E-state index in [0.717, 1.165) is 55.9 Å². The molecule has 138 valence electrons. The number of rotatable bonds is 2. The Labute approximate surface area is 153 Å². The number of hydrazine groups is 1. The van der Waals surface area contributed by atoms with E-state index in [-0.39, 0.29) is 5.92 Å². The molecule has 3 atom stereocenters. The molecule has 2 aliphatic heterocycles. The molecule has 3 fully saturated rings. The number of carbonyl (C=O) groups is 1. The number of likely N-dealkylation sites (tertiary alicyclic amines) is 1. The van der Waals surface area contributed by atoms with Gasteiger partial charge in [-0.25, -0.2) is 4.98 Å². The minimum Gasteiger partial charge on any atom is -0.440 e. The lowest BCUT2D eigenvalue weighted by Crippen LogP contribution is -2.50. The average molecular weight is 354 g/mol. The second-order valence-corrected chi connectivity index (χ2v) is 7.97. The van der Waals surface area contributed by atoms with Gasteiger partial charge in [-0.3, -0.25) is 15.6 Å². The highest BCUT2D eigenvalue weighted by molar-refractivity contribution is 5.80. The molecular formula is C20H26N4O2. The molecule has 0 radical (unpaired) electrons. The molecule has 2 saturated heterocycles. The number of nitrogens with zero attached hydrogens (tertiary/aromatic N) is 2. The van der Waals surface area contributed by atoms with E-state index in [1.54, 1.807) is 0 Å². The number of amides is 1. The Hall–Kier alpha value is -1.92. The molecular weight excluding hydrogens is 328 g/mol. The molecule has 5 rings (SSSR count). The molecule has 1 aromatic carbocycles. The van der Waals surface area contributed by atoms with Crippen LogP contribution in [0.2, 0.25) is 0 Å². The molecule has 26 heavy (non-hydrogen) atoms. The van der Waals surface area contributed by atoms with Gasteiger partial charge in [0.2, 0.25) is 5.91 Å². The molecule has 6 heteroatoms. The molecule has 2 N–H and O–H groups in total. The lowest BCUT2D eigenvalue weighted by atomic mass is 9.77. The predicted molar refractivity (Wildman–Crippen MR) is 98.3 cm³/mol. The quantitative estimate of drug-likeness (QED) is 0.867. The number of fused-ring (bicyclic) bond motifs is 2. The van der Waals surface area contributed by atoms with Crippen molar-refractivity contribution in [2.75, 3.05) is 19.6 Å². The first-order chi connectivity index (χ1) is 12.8. The number of para-hydroxylation sites is 2. The number of piperidine rings is 1. The van der Waals surface area contributed by atoms with E-state index >= 15 is 0 Å². The van der Waals surface area contributed by atoms with Gasteiger partial charge >= 0.3 is 0 Å². The van der Waals surface area contributed by atoms with Crippen molar-refractivity contribution >= 4 is 17.0 Å². The first kappa shape index (κ1) is 16.3. The largest absolute Gasteiger partial charge is 0.440 e. The van der Waals surface area contributed by atoms with Gasteiger partial charge in [0.25, 0.3) is 0 Å². The Kier molecular flexibility index (Phi) is 4.17. The van der Waals surface area contributed by atoms with E-state index in [1.807, 2.05) is 24.3 Å². The highest BCUT2D eigenvalue weighted by atomic mass is 16.3. The van der Waals surface area contributed by atoms with E-state index in [4.69, 9.17) is 4.42 Å². The van der Waals surface area contributed by atoms with Gasteiger partial charge < -0.3 is 9.32 Å². The van der Waals surface area contributed by atoms with Crippen molar-refractivity contribution in [1.29, 1.82) is 0 Å². The van der Waals surface area contributed by atoms with Crippen LogP contribution in [0.3, 0.4) is 0 Å². The van der Waals surface area contributed by atoms with Gasteiger partial charge in [-0.1, -0.05) is 18.6 Å². The standard InChI is InChI=1S/C20H26N4O2/c25-20(15-5-3-4-14-12-21-23-18(14)15)24-10-8-13(9-11-24)19-22-16-6-1-2-7-17(16)26-19/h1-2,6-7,13-15,18,21,23H,3-5,8-12H2. The van der Waals surface area contributed by atoms with Crippen LogP contribution in [0.1, 0.15) is 43.9 Å². The Bertz CT molecular complexity index is 763. The van der Waals surface area contributed by atoms with Crippen molar-refractivity contribution in [3.05, 3.63) is 30.2 Å². The van der Waals surface area contributed by atoms with Gasteiger partial charge in [0.15, 0.2) is 11.5 Å². The van der Waals surface area contributed by atoms with Crippen molar-refractivity contribution in [3.8, 4) is 0 Å². The fraction of sp³-hybridized carbons (Fsp3) is 0.600. The average Bonchev–Trinajstić information content (AvgIpc) is 3.34. The summed E-state index contributed by atoms with van der Waals surface area (Å²) in [6.45, 7) is 2.61.